The van der Waals surface area contributed by atoms with Crippen molar-refractivity contribution in [1.82, 2.24) is 0 Å². The topological polar surface area (TPSA) is 40.9 Å². The molecule has 4 fully saturated rings. The highest BCUT2D eigenvalue weighted by Gasteiger charge is 2.69. The minimum absolute atomic E-state index is 0.301. The van der Waals surface area contributed by atoms with Gasteiger partial charge in [-0.15, -0.1) is 0 Å². The molecule has 0 aromatic rings. The van der Waals surface area contributed by atoms with Gasteiger partial charge in [-0.2, -0.15) is 5.26 Å². The van der Waals surface area contributed by atoms with Crippen molar-refractivity contribution in [1.29, 1.82) is 5.26 Å². The van der Waals surface area contributed by atoms with E-state index in [0.717, 1.165) is 48.9 Å². The second-order valence-electron chi connectivity index (χ2n) is 8.94. The number of nitriles is 1. The average molecular weight is 295 g/mol. The van der Waals surface area contributed by atoms with Crippen LogP contribution in [0.5, 0.6) is 0 Å². The first-order valence-electron chi connectivity index (χ1n) is 9.26. The minimum atomic E-state index is 0.301. The predicted octanol–water partition coefficient (Wildman–Crippen LogP) is 4.12. The molecule has 0 radical (unpaired) electrons. The molecule has 22 heavy (non-hydrogen) atoms. The molecule has 2 heteroatoms. The molecule has 116 valence electrons. The Labute approximate surface area is 133 Å². The lowest BCUT2D eigenvalue weighted by atomic mass is 9.50. The lowest BCUT2D eigenvalue weighted by Crippen LogP contribution is -2.47. The van der Waals surface area contributed by atoms with Crippen LogP contribution in [-0.4, -0.2) is 5.78 Å². The highest BCUT2D eigenvalue weighted by atomic mass is 16.1. The minimum Gasteiger partial charge on any atom is -0.295 e. The molecule has 0 amide bonds. The summed E-state index contributed by atoms with van der Waals surface area (Å²) in [5.74, 6) is 5.42. The maximum absolute atomic E-state index is 11.7. The first kappa shape index (κ1) is 13.3. The largest absolute Gasteiger partial charge is 0.295 e. The van der Waals surface area contributed by atoms with Crippen LogP contribution in [-0.2, 0) is 4.79 Å². The molecule has 0 aromatic carbocycles. The van der Waals surface area contributed by atoms with Gasteiger partial charge in [-0.05, 0) is 85.5 Å². The summed E-state index contributed by atoms with van der Waals surface area (Å²) in [7, 11) is 0. The Morgan fingerprint density at radius 1 is 1.14 bits per heavy atom. The third-order valence-corrected chi connectivity index (χ3v) is 8.23. The van der Waals surface area contributed by atoms with E-state index in [2.05, 4.69) is 13.0 Å². The molecular weight excluding hydrogens is 270 g/mol. The maximum Gasteiger partial charge on any atom is 0.155 e. The zero-order chi connectivity index (χ0) is 15.1. The van der Waals surface area contributed by atoms with E-state index < -0.39 is 0 Å². The van der Waals surface area contributed by atoms with Gasteiger partial charge in [0.15, 0.2) is 5.78 Å². The van der Waals surface area contributed by atoms with Crippen LogP contribution in [0.15, 0.2) is 11.6 Å². The lowest BCUT2D eigenvalue weighted by Gasteiger charge is -2.54. The van der Waals surface area contributed by atoms with Gasteiger partial charge >= 0.3 is 0 Å². The Morgan fingerprint density at radius 3 is 2.82 bits per heavy atom. The first-order chi connectivity index (χ1) is 10.6. The van der Waals surface area contributed by atoms with Crippen molar-refractivity contribution in [2.45, 2.75) is 51.9 Å². The molecule has 0 heterocycles. The standard InChI is InChI=1S/C20H25NO/c1-20-7-6-14-13-5-3-12(22)8-11(13)2-4-15(14)19(20)17-9-16(17)18(20)10-21/h8,13-19H,2-7,9H2,1H3/t13-,14+,15+,16+,17-,18-,19+,20+/m0/s1. The Kier molecular flexibility index (Phi) is 2.58. The summed E-state index contributed by atoms with van der Waals surface area (Å²) in [5.41, 5.74) is 1.78. The third kappa shape index (κ3) is 1.53. The third-order valence-electron chi connectivity index (χ3n) is 8.23. The molecule has 0 saturated heterocycles. The van der Waals surface area contributed by atoms with Gasteiger partial charge in [0, 0.05) is 6.42 Å². The molecule has 5 aliphatic carbocycles. The molecule has 5 aliphatic rings. The highest BCUT2D eigenvalue weighted by Crippen LogP contribution is 2.74. The molecule has 0 aliphatic heterocycles. The molecule has 0 unspecified atom stereocenters. The van der Waals surface area contributed by atoms with Crippen LogP contribution in [0.1, 0.15) is 51.9 Å². The number of ketones is 1. The molecule has 2 nitrogen and oxygen atoms in total. The second kappa shape index (κ2) is 4.25. The zero-order valence-corrected chi connectivity index (χ0v) is 13.4. The van der Waals surface area contributed by atoms with E-state index in [9.17, 15) is 10.1 Å². The average Bonchev–Trinajstić information content (AvgIpc) is 3.21. The highest BCUT2D eigenvalue weighted by molar-refractivity contribution is 5.91. The summed E-state index contributed by atoms with van der Waals surface area (Å²) in [6.45, 7) is 2.43. The van der Waals surface area contributed by atoms with Gasteiger partial charge in [0.2, 0.25) is 0 Å². The van der Waals surface area contributed by atoms with E-state index in [-0.39, 0.29) is 0 Å². The van der Waals surface area contributed by atoms with Gasteiger partial charge in [-0.25, -0.2) is 0 Å². The van der Waals surface area contributed by atoms with Crippen LogP contribution in [0.25, 0.3) is 0 Å². The monoisotopic (exact) mass is 295 g/mol. The normalized spacial score (nSPS) is 55.2. The Hall–Kier alpha value is -1.10. The molecule has 0 aromatic heterocycles. The second-order valence-corrected chi connectivity index (χ2v) is 8.94. The molecule has 5 rings (SSSR count). The number of hydrogen-bond acceptors (Lipinski definition) is 2. The van der Waals surface area contributed by atoms with E-state index in [1.54, 1.807) is 0 Å². The fourth-order valence-corrected chi connectivity index (χ4v) is 7.39. The Morgan fingerprint density at radius 2 is 2.00 bits per heavy atom. The van der Waals surface area contributed by atoms with Crippen LogP contribution in [0.2, 0.25) is 0 Å². The summed E-state index contributed by atoms with van der Waals surface area (Å²) in [5, 5.41) is 9.68. The lowest BCUT2D eigenvalue weighted by molar-refractivity contribution is -0.116. The molecule has 0 bridgehead atoms. The van der Waals surface area contributed by atoms with Gasteiger partial charge in [0.25, 0.3) is 0 Å². The van der Waals surface area contributed by atoms with Gasteiger partial charge in [0.05, 0.1) is 12.0 Å². The molecular formula is C20H25NO. The molecule has 8 atom stereocenters. The van der Waals surface area contributed by atoms with E-state index in [1.165, 1.54) is 31.3 Å². The summed E-state index contributed by atoms with van der Waals surface area (Å²) >= 11 is 0. The van der Waals surface area contributed by atoms with Crippen LogP contribution < -0.4 is 0 Å². The molecule has 0 spiro atoms. The molecule has 4 saturated carbocycles. The number of rotatable bonds is 0. The van der Waals surface area contributed by atoms with Crippen molar-refractivity contribution < 1.29 is 4.79 Å². The summed E-state index contributed by atoms with van der Waals surface area (Å²) in [6.07, 6.45) is 10.2. The van der Waals surface area contributed by atoms with E-state index in [1.807, 2.05) is 6.08 Å². The van der Waals surface area contributed by atoms with Crippen molar-refractivity contribution in [3.63, 3.8) is 0 Å². The van der Waals surface area contributed by atoms with Gasteiger partial charge in [-0.3, -0.25) is 4.79 Å². The van der Waals surface area contributed by atoms with E-state index in [4.69, 9.17) is 0 Å². The summed E-state index contributed by atoms with van der Waals surface area (Å²) in [4.78, 5) is 11.7. The van der Waals surface area contributed by atoms with Crippen molar-refractivity contribution in [2.75, 3.05) is 0 Å². The fraction of sp³-hybridized carbons (Fsp3) is 0.800. The van der Waals surface area contributed by atoms with Crippen molar-refractivity contribution >= 4 is 5.78 Å². The summed E-state index contributed by atoms with van der Waals surface area (Å²) < 4.78 is 0. The van der Waals surface area contributed by atoms with Crippen molar-refractivity contribution in [2.24, 2.45) is 46.8 Å². The Bertz CT molecular complexity index is 614. The summed E-state index contributed by atoms with van der Waals surface area (Å²) in [6, 6.07) is 2.70. The number of nitrogens with zero attached hydrogens (tertiary/aromatic N) is 1. The predicted molar refractivity (Wildman–Crippen MR) is 83.6 cm³/mol. The first-order valence-corrected chi connectivity index (χ1v) is 9.26. The van der Waals surface area contributed by atoms with E-state index in [0.29, 0.717) is 23.0 Å². The van der Waals surface area contributed by atoms with Crippen LogP contribution in [0, 0.1) is 58.2 Å². The van der Waals surface area contributed by atoms with Gasteiger partial charge in [-0.1, -0.05) is 12.5 Å². The Balaban J connectivity index is 1.49. The molecule has 0 N–H and O–H groups in total. The van der Waals surface area contributed by atoms with Crippen LogP contribution in [0.4, 0.5) is 0 Å². The number of hydrogen-bond donors (Lipinski definition) is 0. The number of fused-ring (bicyclic) bond motifs is 7. The zero-order valence-electron chi connectivity index (χ0n) is 13.4. The van der Waals surface area contributed by atoms with Crippen LogP contribution in [0.3, 0.4) is 0 Å². The van der Waals surface area contributed by atoms with Gasteiger partial charge < -0.3 is 0 Å². The van der Waals surface area contributed by atoms with Crippen LogP contribution >= 0.6 is 0 Å². The van der Waals surface area contributed by atoms with E-state index >= 15 is 0 Å². The quantitative estimate of drug-likeness (QED) is 0.674. The SMILES string of the molecule is C[C@]12CC[C@H]3[C@@H](CCC4=CC(=O)CC[C@@H]43)[C@@H]1[C@H]1C[C@H]1[C@@H]2C#N. The number of carbonyl (C=O) groups excluding carboxylic acids is 1. The number of carbonyl (C=O) groups is 1. The van der Waals surface area contributed by atoms with Gasteiger partial charge in [0.1, 0.15) is 0 Å². The van der Waals surface area contributed by atoms with Crippen molar-refractivity contribution in [3.8, 4) is 6.07 Å². The maximum atomic E-state index is 11.7. The fourth-order valence-electron chi connectivity index (χ4n) is 7.39. The van der Waals surface area contributed by atoms with Crippen molar-refractivity contribution in [3.05, 3.63) is 11.6 Å². The number of allylic oxidation sites excluding steroid dienone is 1. The smallest absolute Gasteiger partial charge is 0.155 e.